The number of rotatable bonds is 8. The molecule has 4 aromatic rings. The van der Waals surface area contributed by atoms with Crippen molar-refractivity contribution >= 4 is 24.4 Å². The van der Waals surface area contributed by atoms with Crippen LogP contribution in [0.2, 0.25) is 0 Å². The van der Waals surface area contributed by atoms with E-state index in [1.807, 2.05) is 59.5 Å². The molecule has 1 aliphatic carbocycles. The van der Waals surface area contributed by atoms with Gasteiger partial charge in [0, 0.05) is 31.2 Å². The minimum atomic E-state index is -0.976. The summed E-state index contributed by atoms with van der Waals surface area (Å²) in [7, 11) is 0. The van der Waals surface area contributed by atoms with Crippen molar-refractivity contribution in [3.8, 4) is 11.3 Å². The topological polar surface area (TPSA) is 104 Å². The van der Waals surface area contributed by atoms with Crippen LogP contribution in [0.15, 0.2) is 89.8 Å². The number of amides is 2. The second-order valence-electron chi connectivity index (χ2n) is 11.5. The monoisotopic (exact) mass is 617 g/mol. The number of furan rings is 1. The van der Waals surface area contributed by atoms with Crippen LogP contribution in [0.25, 0.3) is 11.3 Å². The standard InChI is InChI=1S/C34H39N5O4.ClH/c40-33(37-19-18-35-22-27(37)21-25-11-4-1-5-12-25)31-32(26-13-6-2-7-14-26)39(24-36-31)30-17-9-3-8-16-29(30)38(34(41)42)23-28-15-10-20-43-28;/h1-2,4-7,10-15,20,24,27,29-30,35H,3,8-9,16-19,21-23H2,(H,41,42);1H/t27-,29+,30+;/m1./s1. The molecule has 232 valence electrons. The van der Waals surface area contributed by atoms with Gasteiger partial charge >= 0.3 is 6.09 Å². The van der Waals surface area contributed by atoms with Gasteiger partial charge in [-0.15, -0.1) is 12.4 Å². The third-order valence-electron chi connectivity index (χ3n) is 8.82. The largest absolute Gasteiger partial charge is 0.467 e. The van der Waals surface area contributed by atoms with E-state index in [0.29, 0.717) is 24.5 Å². The molecule has 1 saturated heterocycles. The number of benzene rings is 2. The van der Waals surface area contributed by atoms with Crippen LogP contribution >= 0.6 is 12.4 Å². The van der Waals surface area contributed by atoms with Crippen LogP contribution in [0.1, 0.15) is 60.0 Å². The van der Waals surface area contributed by atoms with Crippen LogP contribution in [0, 0.1) is 0 Å². The van der Waals surface area contributed by atoms with Crippen molar-refractivity contribution in [2.24, 2.45) is 0 Å². The van der Waals surface area contributed by atoms with Crippen molar-refractivity contribution < 1.29 is 19.1 Å². The molecule has 2 aromatic heterocycles. The average molecular weight is 618 g/mol. The van der Waals surface area contributed by atoms with Gasteiger partial charge in [0.1, 0.15) is 5.76 Å². The Morgan fingerprint density at radius 2 is 1.73 bits per heavy atom. The van der Waals surface area contributed by atoms with Crippen LogP contribution in [0.5, 0.6) is 0 Å². The molecule has 2 N–H and O–H groups in total. The number of nitrogens with zero attached hydrogens (tertiary/aromatic N) is 4. The Kier molecular flexibility index (Phi) is 10.4. The highest BCUT2D eigenvalue weighted by Gasteiger charge is 2.37. The van der Waals surface area contributed by atoms with E-state index >= 15 is 0 Å². The second-order valence-corrected chi connectivity index (χ2v) is 11.5. The first-order valence-electron chi connectivity index (χ1n) is 15.3. The van der Waals surface area contributed by atoms with Crippen LogP contribution < -0.4 is 5.32 Å². The molecule has 0 radical (unpaired) electrons. The first-order valence-corrected chi connectivity index (χ1v) is 15.3. The van der Waals surface area contributed by atoms with E-state index in [4.69, 9.17) is 9.40 Å². The number of halogens is 1. The first kappa shape index (κ1) is 31.3. The average Bonchev–Trinajstić information content (AvgIpc) is 3.66. The number of carboxylic acid groups (broad SMARTS) is 1. The maximum Gasteiger partial charge on any atom is 0.408 e. The summed E-state index contributed by atoms with van der Waals surface area (Å²) in [6.07, 6.45) is 7.58. The zero-order chi connectivity index (χ0) is 29.6. The number of imidazole rings is 1. The van der Waals surface area contributed by atoms with E-state index < -0.39 is 6.09 Å². The van der Waals surface area contributed by atoms with Gasteiger partial charge < -0.3 is 24.3 Å². The van der Waals surface area contributed by atoms with Crippen LogP contribution in [0.3, 0.4) is 0 Å². The normalized spacial score (nSPS) is 20.4. The summed E-state index contributed by atoms with van der Waals surface area (Å²) in [4.78, 5) is 35.3. The lowest BCUT2D eigenvalue weighted by Crippen LogP contribution is -2.54. The minimum absolute atomic E-state index is 0. The van der Waals surface area contributed by atoms with Gasteiger partial charge in [-0.3, -0.25) is 9.69 Å². The molecule has 0 bridgehead atoms. The minimum Gasteiger partial charge on any atom is -0.467 e. The van der Waals surface area contributed by atoms with Gasteiger partial charge in [0.25, 0.3) is 5.91 Å². The highest BCUT2D eigenvalue weighted by atomic mass is 35.5. The summed E-state index contributed by atoms with van der Waals surface area (Å²) in [6, 6.07) is 23.3. The number of nitrogens with one attached hydrogen (secondary N) is 1. The summed E-state index contributed by atoms with van der Waals surface area (Å²) in [5.41, 5.74) is 3.26. The molecule has 2 amide bonds. The number of piperazine rings is 1. The predicted octanol–water partition coefficient (Wildman–Crippen LogP) is 6.28. The van der Waals surface area contributed by atoms with E-state index in [2.05, 4.69) is 22.0 Å². The van der Waals surface area contributed by atoms with Gasteiger partial charge in [-0.05, 0) is 37.0 Å². The molecule has 3 atom stereocenters. The molecule has 2 aliphatic rings. The maximum absolute atomic E-state index is 14.4. The van der Waals surface area contributed by atoms with Crippen LogP contribution in [0.4, 0.5) is 4.79 Å². The highest BCUT2D eigenvalue weighted by molar-refractivity contribution is 5.98. The number of carbonyl (C=O) groups is 2. The lowest BCUT2D eigenvalue weighted by Gasteiger charge is -2.37. The van der Waals surface area contributed by atoms with Crippen molar-refractivity contribution in [1.29, 1.82) is 0 Å². The van der Waals surface area contributed by atoms with Crippen molar-refractivity contribution in [2.45, 2.75) is 63.2 Å². The van der Waals surface area contributed by atoms with E-state index in [1.54, 1.807) is 18.7 Å². The number of hydrogen-bond donors (Lipinski definition) is 2. The summed E-state index contributed by atoms with van der Waals surface area (Å²) < 4.78 is 7.63. The van der Waals surface area contributed by atoms with Crippen LogP contribution in [-0.4, -0.2) is 68.2 Å². The SMILES string of the molecule is Cl.O=C(c1ncn([C@H]2CCCCC[C@@H]2N(Cc2ccco2)C(=O)O)c1-c1ccccc1)N1CCNC[C@H]1Cc1ccccc1. The van der Waals surface area contributed by atoms with Gasteiger partial charge in [0.05, 0.1) is 36.9 Å². The van der Waals surface area contributed by atoms with Crippen molar-refractivity contribution in [3.63, 3.8) is 0 Å². The Morgan fingerprint density at radius 1 is 0.977 bits per heavy atom. The Balaban J connectivity index is 0.00000384. The number of carbonyl (C=O) groups excluding carboxylic acids is 1. The van der Waals surface area contributed by atoms with Crippen molar-refractivity contribution in [1.82, 2.24) is 24.7 Å². The fraction of sp³-hybridized carbons (Fsp3) is 0.382. The van der Waals surface area contributed by atoms with E-state index in [1.165, 1.54) is 10.5 Å². The lowest BCUT2D eigenvalue weighted by molar-refractivity contribution is 0.0630. The Morgan fingerprint density at radius 3 is 2.45 bits per heavy atom. The molecule has 0 spiro atoms. The molecular formula is C34H40ClN5O4. The summed E-state index contributed by atoms with van der Waals surface area (Å²) in [5, 5.41) is 13.8. The molecule has 3 heterocycles. The van der Waals surface area contributed by atoms with Crippen LogP contribution in [-0.2, 0) is 13.0 Å². The van der Waals surface area contributed by atoms with Gasteiger partial charge in [0.15, 0.2) is 5.69 Å². The summed E-state index contributed by atoms with van der Waals surface area (Å²) in [5.74, 6) is 0.522. The zero-order valence-corrected chi connectivity index (χ0v) is 25.6. The van der Waals surface area contributed by atoms with Gasteiger partial charge in [-0.25, -0.2) is 9.78 Å². The molecular weight excluding hydrogens is 578 g/mol. The van der Waals surface area contributed by atoms with E-state index in [0.717, 1.165) is 56.3 Å². The van der Waals surface area contributed by atoms with Gasteiger partial charge in [-0.1, -0.05) is 79.9 Å². The molecule has 0 unspecified atom stereocenters. The molecule has 1 aliphatic heterocycles. The maximum atomic E-state index is 14.4. The first-order chi connectivity index (χ1) is 21.1. The quantitative estimate of drug-likeness (QED) is 0.226. The Labute approximate surface area is 264 Å². The molecule has 1 saturated carbocycles. The van der Waals surface area contributed by atoms with E-state index in [-0.39, 0.29) is 43.0 Å². The fourth-order valence-corrected chi connectivity index (χ4v) is 6.74. The molecule has 10 heteroatoms. The second kappa shape index (κ2) is 14.6. The molecule has 2 fully saturated rings. The molecule has 2 aromatic carbocycles. The zero-order valence-electron chi connectivity index (χ0n) is 24.8. The van der Waals surface area contributed by atoms with E-state index in [9.17, 15) is 14.7 Å². The van der Waals surface area contributed by atoms with Gasteiger partial charge in [-0.2, -0.15) is 0 Å². The number of aromatic nitrogens is 2. The third kappa shape index (κ3) is 6.84. The smallest absolute Gasteiger partial charge is 0.408 e. The predicted molar refractivity (Wildman–Crippen MR) is 171 cm³/mol. The Bertz CT molecular complexity index is 1490. The van der Waals surface area contributed by atoms with Crippen molar-refractivity contribution in [2.75, 3.05) is 19.6 Å². The highest BCUT2D eigenvalue weighted by Crippen LogP contribution is 2.37. The van der Waals surface area contributed by atoms with Gasteiger partial charge in [0.2, 0.25) is 0 Å². The molecule has 44 heavy (non-hydrogen) atoms. The molecule has 6 rings (SSSR count). The third-order valence-corrected chi connectivity index (χ3v) is 8.82. The summed E-state index contributed by atoms with van der Waals surface area (Å²) >= 11 is 0. The molecule has 9 nitrogen and oxygen atoms in total. The Hall–Kier alpha value is -4.08. The van der Waals surface area contributed by atoms with Crippen molar-refractivity contribution in [3.05, 3.63) is 102 Å². The summed E-state index contributed by atoms with van der Waals surface area (Å²) in [6.45, 7) is 2.21. The fourth-order valence-electron chi connectivity index (χ4n) is 6.74. The number of hydrogen-bond acceptors (Lipinski definition) is 5. The lowest BCUT2D eigenvalue weighted by atomic mass is 9.98.